The molecule has 32 heavy (non-hydrogen) atoms. The second kappa shape index (κ2) is 7.93. The lowest BCUT2D eigenvalue weighted by Gasteiger charge is -2.25. The van der Waals surface area contributed by atoms with E-state index in [0.29, 0.717) is 16.3 Å². The Balaban J connectivity index is 1.79. The van der Waals surface area contributed by atoms with Gasteiger partial charge >= 0.3 is 0 Å². The summed E-state index contributed by atoms with van der Waals surface area (Å²) in [4.78, 5) is 28.8. The number of amides is 1. The molecule has 0 saturated carbocycles. The Kier molecular flexibility index (Phi) is 5.08. The van der Waals surface area contributed by atoms with Gasteiger partial charge in [0.05, 0.1) is 5.57 Å². The molecule has 6 heteroatoms. The zero-order valence-electron chi connectivity index (χ0n) is 17.1. The number of anilines is 1. The van der Waals surface area contributed by atoms with E-state index < -0.39 is 17.7 Å². The number of carbonyl (C=O) groups is 2. The zero-order valence-corrected chi connectivity index (χ0v) is 18.7. The molecule has 0 aliphatic carbocycles. The highest BCUT2D eigenvalue weighted by Crippen LogP contribution is 2.45. The molecule has 0 bridgehead atoms. The van der Waals surface area contributed by atoms with Crippen molar-refractivity contribution in [3.63, 3.8) is 0 Å². The molecular formula is C26H18ClNO3S. The van der Waals surface area contributed by atoms with Crippen molar-refractivity contribution in [2.24, 2.45) is 0 Å². The van der Waals surface area contributed by atoms with Crippen LogP contribution < -0.4 is 4.90 Å². The Bertz CT molecular complexity index is 1420. The van der Waals surface area contributed by atoms with Crippen molar-refractivity contribution < 1.29 is 14.7 Å². The first-order valence-electron chi connectivity index (χ1n) is 10.1. The van der Waals surface area contributed by atoms with Gasteiger partial charge in [-0.05, 0) is 52.9 Å². The van der Waals surface area contributed by atoms with Gasteiger partial charge in [-0.25, -0.2) is 0 Å². The molecule has 3 aromatic carbocycles. The topological polar surface area (TPSA) is 57.6 Å². The van der Waals surface area contributed by atoms with Crippen molar-refractivity contribution in [1.82, 2.24) is 0 Å². The number of nitrogens with zero attached hydrogens (tertiary/aromatic N) is 1. The molecule has 1 aliphatic rings. The number of carbonyl (C=O) groups excluding carboxylic acids is 2. The highest BCUT2D eigenvalue weighted by molar-refractivity contribution is 7.10. The fraction of sp³-hybridized carbons (Fsp3) is 0.0769. The summed E-state index contributed by atoms with van der Waals surface area (Å²) in [7, 11) is 0. The first-order chi connectivity index (χ1) is 15.5. The Morgan fingerprint density at radius 3 is 2.50 bits per heavy atom. The van der Waals surface area contributed by atoms with E-state index in [1.54, 1.807) is 30.3 Å². The smallest absolute Gasteiger partial charge is 0.300 e. The van der Waals surface area contributed by atoms with Crippen LogP contribution in [0.25, 0.3) is 16.5 Å². The fourth-order valence-corrected chi connectivity index (χ4v) is 5.42. The normalized spacial score (nSPS) is 17.9. The number of thiophene rings is 1. The van der Waals surface area contributed by atoms with Crippen molar-refractivity contribution in [3.05, 3.63) is 105 Å². The molecule has 1 aromatic heterocycles. The Labute approximate surface area is 194 Å². The molecule has 1 amide bonds. The van der Waals surface area contributed by atoms with E-state index in [1.807, 2.05) is 54.8 Å². The summed E-state index contributed by atoms with van der Waals surface area (Å²) < 4.78 is 0. The summed E-state index contributed by atoms with van der Waals surface area (Å²) in [6.45, 7) is 1.93. The molecule has 1 fully saturated rings. The van der Waals surface area contributed by atoms with Gasteiger partial charge in [-0.1, -0.05) is 60.1 Å². The lowest BCUT2D eigenvalue weighted by molar-refractivity contribution is -0.132. The van der Waals surface area contributed by atoms with Crippen molar-refractivity contribution in [1.29, 1.82) is 0 Å². The number of aliphatic hydroxyl groups excluding tert-OH is 1. The van der Waals surface area contributed by atoms with Gasteiger partial charge in [-0.15, -0.1) is 11.3 Å². The summed E-state index contributed by atoms with van der Waals surface area (Å²) >= 11 is 7.64. The number of Topliss-reactive ketones (excluding diaryl/α,β-unsaturated/α-hetero) is 1. The highest BCUT2D eigenvalue weighted by Gasteiger charge is 2.48. The minimum Gasteiger partial charge on any atom is -0.507 e. The number of hydrogen-bond donors (Lipinski definition) is 1. The van der Waals surface area contributed by atoms with Crippen LogP contribution in [-0.4, -0.2) is 16.8 Å². The molecule has 1 unspecified atom stereocenters. The molecule has 5 rings (SSSR count). The third-order valence-electron chi connectivity index (χ3n) is 5.73. The minimum absolute atomic E-state index is 0.0804. The molecule has 1 aliphatic heterocycles. The van der Waals surface area contributed by atoms with E-state index in [9.17, 15) is 14.7 Å². The van der Waals surface area contributed by atoms with Crippen LogP contribution in [0.1, 0.15) is 22.0 Å². The SMILES string of the molecule is Cc1ccsc1C1/C(=C(\O)c2cccc3ccccc23)C(=O)C(=O)N1c1cccc(Cl)c1. The highest BCUT2D eigenvalue weighted by atomic mass is 35.5. The third kappa shape index (κ3) is 3.22. The van der Waals surface area contributed by atoms with Gasteiger partial charge < -0.3 is 5.11 Å². The van der Waals surface area contributed by atoms with Crippen LogP contribution >= 0.6 is 22.9 Å². The second-order valence-corrected chi connectivity index (χ2v) is 9.03. The average molecular weight is 460 g/mol. The van der Waals surface area contributed by atoms with Crippen LogP contribution in [-0.2, 0) is 9.59 Å². The molecular weight excluding hydrogens is 442 g/mol. The Morgan fingerprint density at radius 1 is 1.00 bits per heavy atom. The number of ketones is 1. The quantitative estimate of drug-likeness (QED) is 0.216. The Hall–Kier alpha value is -3.41. The zero-order chi connectivity index (χ0) is 22.4. The predicted molar refractivity (Wildman–Crippen MR) is 129 cm³/mol. The number of aryl methyl sites for hydroxylation is 1. The van der Waals surface area contributed by atoms with Gasteiger partial charge in [0.2, 0.25) is 0 Å². The largest absolute Gasteiger partial charge is 0.507 e. The van der Waals surface area contributed by atoms with Crippen LogP contribution in [0, 0.1) is 6.92 Å². The van der Waals surface area contributed by atoms with Crippen LogP contribution in [0.5, 0.6) is 0 Å². The lowest BCUT2D eigenvalue weighted by atomic mass is 9.95. The van der Waals surface area contributed by atoms with E-state index in [0.717, 1.165) is 21.2 Å². The number of rotatable bonds is 3. The number of benzene rings is 3. The van der Waals surface area contributed by atoms with Crippen molar-refractivity contribution in [3.8, 4) is 0 Å². The molecule has 0 radical (unpaired) electrons. The summed E-state index contributed by atoms with van der Waals surface area (Å²) in [6, 6.07) is 21.2. The van der Waals surface area contributed by atoms with Crippen LogP contribution in [0.15, 0.2) is 83.7 Å². The van der Waals surface area contributed by atoms with Gasteiger partial charge in [0.15, 0.2) is 0 Å². The number of fused-ring (bicyclic) bond motifs is 1. The average Bonchev–Trinajstić information content (AvgIpc) is 3.33. The minimum atomic E-state index is -0.743. The Morgan fingerprint density at radius 2 is 1.75 bits per heavy atom. The molecule has 1 atom stereocenters. The number of halogens is 1. The van der Waals surface area contributed by atoms with Gasteiger partial charge in [0, 0.05) is 21.2 Å². The maximum atomic E-state index is 13.3. The van der Waals surface area contributed by atoms with Crippen LogP contribution in [0.3, 0.4) is 0 Å². The van der Waals surface area contributed by atoms with Crippen molar-refractivity contribution >= 4 is 56.8 Å². The van der Waals surface area contributed by atoms with Crippen molar-refractivity contribution in [2.45, 2.75) is 13.0 Å². The monoisotopic (exact) mass is 459 g/mol. The summed E-state index contributed by atoms with van der Waals surface area (Å²) in [6.07, 6.45) is 0. The summed E-state index contributed by atoms with van der Waals surface area (Å²) in [5, 5.41) is 15.6. The van der Waals surface area contributed by atoms with Crippen molar-refractivity contribution in [2.75, 3.05) is 4.90 Å². The summed E-state index contributed by atoms with van der Waals surface area (Å²) in [5.74, 6) is -1.58. The van der Waals surface area contributed by atoms with E-state index >= 15 is 0 Å². The standard InChI is InChI=1S/C26H18ClNO3S/c1-15-12-13-32-25(15)22-21(23(29)20-11-4-7-16-6-2-3-10-19(16)20)24(30)26(31)28(22)18-9-5-8-17(27)14-18/h2-14,22,29H,1H3/b23-21+. The molecule has 4 aromatic rings. The first-order valence-corrected chi connectivity index (χ1v) is 11.3. The van der Waals surface area contributed by atoms with Gasteiger partial charge in [0.1, 0.15) is 11.8 Å². The van der Waals surface area contributed by atoms with E-state index in [1.165, 1.54) is 16.2 Å². The molecule has 1 N–H and O–H groups in total. The number of hydrogen-bond acceptors (Lipinski definition) is 4. The molecule has 1 saturated heterocycles. The maximum absolute atomic E-state index is 13.3. The second-order valence-electron chi connectivity index (χ2n) is 7.64. The van der Waals surface area contributed by atoms with E-state index in [4.69, 9.17) is 11.6 Å². The van der Waals surface area contributed by atoms with E-state index in [2.05, 4.69) is 0 Å². The van der Waals surface area contributed by atoms with Crippen LogP contribution in [0.4, 0.5) is 5.69 Å². The molecule has 0 spiro atoms. The van der Waals surface area contributed by atoms with Gasteiger partial charge in [-0.3, -0.25) is 14.5 Å². The van der Waals surface area contributed by atoms with Crippen LogP contribution in [0.2, 0.25) is 5.02 Å². The predicted octanol–water partition coefficient (Wildman–Crippen LogP) is 6.49. The molecule has 158 valence electrons. The first kappa shape index (κ1) is 20.5. The summed E-state index contributed by atoms with van der Waals surface area (Å²) in [5.41, 5.74) is 2.05. The third-order valence-corrected chi connectivity index (χ3v) is 7.03. The fourth-order valence-electron chi connectivity index (χ4n) is 4.21. The van der Waals surface area contributed by atoms with E-state index in [-0.39, 0.29) is 11.3 Å². The molecule has 2 heterocycles. The maximum Gasteiger partial charge on any atom is 0.300 e. The lowest BCUT2D eigenvalue weighted by Crippen LogP contribution is -2.29. The van der Waals surface area contributed by atoms with Gasteiger partial charge in [-0.2, -0.15) is 0 Å². The molecule has 4 nitrogen and oxygen atoms in total. The number of aliphatic hydroxyl groups is 1. The van der Waals surface area contributed by atoms with Gasteiger partial charge in [0.25, 0.3) is 11.7 Å².